The molecule has 19 heavy (non-hydrogen) atoms. The Morgan fingerprint density at radius 3 is 2.74 bits per heavy atom. The van der Waals surface area contributed by atoms with Gasteiger partial charge in [-0.05, 0) is 17.7 Å². The Kier molecular flexibility index (Phi) is 2.48. The van der Waals surface area contributed by atoms with Gasteiger partial charge in [-0.15, -0.1) is 10.2 Å². The summed E-state index contributed by atoms with van der Waals surface area (Å²) in [7, 11) is 0. The molecule has 0 spiro atoms. The van der Waals surface area contributed by atoms with E-state index in [1.807, 2.05) is 0 Å². The molecule has 0 bridgehead atoms. The van der Waals surface area contributed by atoms with E-state index in [9.17, 15) is 13.2 Å². The summed E-state index contributed by atoms with van der Waals surface area (Å²) in [4.78, 5) is 4.02. The number of hydrogen-bond acceptors (Lipinski definition) is 3. The summed E-state index contributed by atoms with van der Waals surface area (Å²) in [6, 6.07) is 5.10. The number of hydrogen-bond donors (Lipinski definition) is 0. The van der Waals surface area contributed by atoms with E-state index < -0.39 is 11.7 Å². The minimum Gasteiger partial charge on any atom is -0.272 e. The van der Waals surface area contributed by atoms with Gasteiger partial charge in [-0.3, -0.25) is 4.40 Å². The van der Waals surface area contributed by atoms with Crippen LogP contribution in [0.2, 0.25) is 0 Å². The third kappa shape index (κ3) is 2.14. The first-order valence-corrected chi connectivity index (χ1v) is 5.37. The Bertz CT molecular complexity index is 733. The third-order valence-corrected chi connectivity index (χ3v) is 2.67. The van der Waals surface area contributed by atoms with Crippen molar-refractivity contribution in [2.75, 3.05) is 0 Å². The number of benzene rings is 1. The van der Waals surface area contributed by atoms with Crippen LogP contribution in [-0.2, 0) is 6.18 Å². The summed E-state index contributed by atoms with van der Waals surface area (Å²) in [5.41, 5.74) is 0.324. The molecule has 0 saturated heterocycles. The molecule has 3 rings (SSSR count). The van der Waals surface area contributed by atoms with Gasteiger partial charge in [-0.1, -0.05) is 12.1 Å². The first kappa shape index (κ1) is 11.6. The molecular weight excluding hydrogens is 257 g/mol. The van der Waals surface area contributed by atoms with Crippen molar-refractivity contribution in [1.82, 2.24) is 19.6 Å². The fraction of sp³-hybridized carbons (Fsp3) is 0.0833. The zero-order valence-electron chi connectivity index (χ0n) is 9.46. The maximum Gasteiger partial charge on any atom is 0.416 e. The van der Waals surface area contributed by atoms with Gasteiger partial charge in [0.2, 0.25) is 0 Å². The molecule has 0 atom stereocenters. The van der Waals surface area contributed by atoms with Crippen LogP contribution in [0.1, 0.15) is 5.56 Å². The van der Waals surface area contributed by atoms with Crippen LogP contribution < -0.4 is 0 Å². The summed E-state index contributed by atoms with van der Waals surface area (Å²) in [5.74, 6) is 0.399. The van der Waals surface area contributed by atoms with Gasteiger partial charge in [0.05, 0.1) is 5.56 Å². The molecule has 3 aromatic rings. The molecule has 0 fully saturated rings. The number of rotatable bonds is 1. The van der Waals surface area contributed by atoms with E-state index >= 15 is 0 Å². The highest BCUT2D eigenvalue weighted by Gasteiger charge is 2.30. The molecule has 1 aromatic carbocycles. The first-order valence-electron chi connectivity index (χ1n) is 5.37. The monoisotopic (exact) mass is 264 g/mol. The number of aromatic nitrogens is 4. The molecule has 7 heteroatoms. The van der Waals surface area contributed by atoms with Gasteiger partial charge in [-0.25, -0.2) is 4.98 Å². The second-order valence-electron chi connectivity index (χ2n) is 3.96. The molecule has 2 heterocycles. The summed E-state index contributed by atoms with van der Waals surface area (Å²) in [6.07, 6.45) is 0.195. The van der Waals surface area contributed by atoms with Crippen molar-refractivity contribution in [3.63, 3.8) is 0 Å². The zero-order chi connectivity index (χ0) is 13.5. The van der Waals surface area contributed by atoms with Gasteiger partial charge in [0.15, 0.2) is 0 Å². The van der Waals surface area contributed by atoms with Gasteiger partial charge in [0.1, 0.15) is 6.33 Å². The molecule has 0 aliphatic heterocycles. The summed E-state index contributed by atoms with van der Waals surface area (Å²) in [6.45, 7) is 0. The summed E-state index contributed by atoms with van der Waals surface area (Å²) < 4.78 is 39.5. The van der Waals surface area contributed by atoms with E-state index in [1.54, 1.807) is 16.7 Å². The van der Waals surface area contributed by atoms with E-state index in [2.05, 4.69) is 15.2 Å². The maximum atomic E-state index is 12.6. The molecule has 0 N–H and O–H groups in total. The van der Waals surface area contributed by atoms with Gasteiger partial charge in [-0.2, -0.15) is 13.2 Å². The SMILES string of the molecule is FC(F)(F)c1cccc(-c2cnc3nncn3c2)c1. The lowest BCUT2D eigenvalue weighted by Crippen LogP contribution is -2.04. The Morgan fingerprint density at radius 1 is 1.11 bits per heavy atom. The van der Waals surface area contributed by atoms with E-state index in [4.69, 9.17) is 0 Å². The minimum atomic E-state index is -4.36. The highest BCUT2D eigenvalue weighted by atomic mass is 19.4. The van der Waals surface area contributed by atoms with E-state index in [-0.39, 0.29) is 0 Å². The second-order valence-corrected chi connectivity index (χ2v) is 3.96. The smallest absolute Gasteiger partial charge is 0.272 e. The topological polar surface area (TPSA) is 43.1 Å². The fourth-order valence-corrected chi connectivity index (χ4v) is 1.75. The Morgan fingerprint density at radius 2 is 1.95 bits per heavy atom. The van der Waals surface area contributed by atoms with Crippen molar-refractivity contribution in [2.45, 2.75) is 6.18 Å². The molecule has 0 amide bonds. The minimum absolute atomic E-state index is 0.399. The lowest BCUT2D eigenvalue weighted by atomic mass is 10.1. The molecular formula is C12H7F3N4. The van der Waals surface area contributed by atoms with Crippen LogP contribution in [0.25, 0.3) is 16.9 Å². The molecule has 0 saturated carbocycles. The largest absolute Gasteiger partial charge is 0.416 e. The van der Waals surface area contributed by atoms with E-state index in [0.29, 0.717) is 16.9 Å². The van der Waals surface area contributed by atoms with Crippen LogP contribution in [0.4, 0.5) is 13.2 Å². The quantitative estimate of drug-likeness (QED) is 0.678. The summed E-state index contributed by atoms with van der Waals surface area (Å²) in [5, 5.41) is 7.40. The Hall–Kier alpha value is -2.44. The molecule has 96 valence electrons. The fourth-order valence-electron chi connectivity index (χ4n) is 1.75. The first-order chi connectivity index (χ1) is 9.04. The number of fused-ring (bicyclic) bond motifs is 1. The molecule has 4 nitrogen and oxygen atoms in total. The van der Waals surface area contributed by atoms with Gasteiger partial charge in [0.25, 0.3) is 5.78 Å². The lowest BCUT2D eigenvalue weighted by Gasteiger charge is -2.08. The number of nitrogens with zero attached hydrogens (tertiary/aromatic N) is 4. The van der Waals surface area contributed by atoms with Crippen molar-refractivity contribution in [2.24, 2.45) is 0 Å². The van der Waals surface area contributed by atoms with Crippen LogP contribution in [0, 0.1) is 0 Å². The van der Waals surface area contributed by atoms with Gasteiger partial charge in [0, 0.05) is 18.0 Å². The van der Waals surface area contributed by atoms with Crippen molar-refractivity contribution >= 4 is 5.78 Å². The number of halogens is 3. The van der Waals surface area contributed by atoms with Crippen LogP contribution in [0.5, 0.6) is 0 Å². The average Bonchev–Trinajstić information content (AvgIpc) is 2.85. The van der Waals surface area contributed by atoms with E-state index in [0.717, 1.165) is 12.1 Å². The maximum absolute atomic E-state index is 12.6. The highest BCUT2D eigenvalue weighted by Crippen LogP contribution is 2.31. The Balaban J connectivity index is 2.10. The average molecular weight is 264 g/mol. The van der Waals surface area contributed by atoms with Crippen molar-refractivity contribution in [3.8, 4) is 11.1 Å². The Labute approximate surface area is 105 Å². The van der Waals surface area contributed by atoms with Gasteiger partial charge >= 0.3 is 6.18 Å². The van der Waals surface area contributed by atoms with Crippen molar-refractivity contribution in [3.05, 3.63) is 48.5 Å². The lowest BCUT2D eigenvalue weighted by molar-refractivity contribution is -0.137. The highest BCUT2D eigenvalue weighted by molar-refractivity contribution is 5.63. The molecule has 0 unspecified atom stereocenters. The van der Waals surface area contributed by atoms with Gasteiger partial charge < -0.3 is 0 Å². The van der Waals surface area contributed by atoms with Crippen LogP contribution >= 0.6 is 0 Å². The third-order valence-electron chi connectivity index (χ3n) is 2.67. The van der Waals surface area contributed by atoms with Crippen molar-refractivity contribution in [1.29, 1.82) is 0 Å². The molecule has 0 radical (unpaired) electrons. The number of alkyl halides is 3. The van der Waals surface area contributed by atoms with Crippen LogP contribution in [0.15, 0.2) is 43.0 Å². The standard InChI is InChI=1S/C12H7F3N4/c13-12(14,15)10-3-1-2-8(4-10)9-5-16-11-18-17-7-19(11)6-9/h1-7H. The summed E-state index contributed by atoms with van der Waals surface area (Å²) >= 11 is 0. The van der Waals surface area contributed by atoms with E-state index in [1.165, 1.54) is 18.6 Å². The zero-order valence-corrected chi connectivity index (χ0v) is 9.46. The van der Waals surface area contributed by atoms with Crippen LogP contribution in [0.3, 0.4) is 0 Å². The predicted molar refractivity (Wildman–Crippen MR) is 61.2 cm³/mol. The molecule has 2 aromatic heterocycles. The predicted octanol–water partition coefficient (Wildman–Crippen LogP) is 2.81. The second kappa shape index (κ2) is 4.04. The normalized spacial score (nSPS) is 11.9. The van der Waals surface area contributed by atoms with Crippen molar-refractivity contribution < 1.29 is 13.2 Å². The molecule has 0 aliphatic carbocycles. The van der Waals surface area contributed by atoms with Crippen LogP contribution in [-0.4, -0.2) is 19.6 Å². The molecule has 0 aliphatic rings.